The van der Waals surface area contributed by atoms with Crippen molar-refractivity contribution in [1.29, 1.82) is 0 Å². The first kappa shape index (κ1) is 18.9. The van der Waals surface area contributed by atoms with E-state index >= 15 is 0 Å². The van der Waals surface area contributed by atoms with Crippen molar-refractivity contribution >= 4 is 17.7 Å². The van der Waals surface area contributed by atoms with Gasteiger partial charge in [0.1, 0.15) is 11.6 Å². The Labute approximate surface area is 160 Å². The molecule has 0 aliphatic rings. The van der Waals surface area contributed by atoms with Crippen LogP contribution in [0, 0.1) is 5.82 Å². The molecule has 0 atom stereocenters. The van der Waals surface area contributed by atoms with Crippen molar-refractivity contribution < 1.29 is 18.3 Å². The Hall–Kier alpha value is -2.87. The fourth-order valence-electron chi connectivity index (χ4n) is 2.37. The van der Waals surface area contributed by atoms with Gasteiger partial charge in [-0.05, 0) is 36.2 Å². The van der Waals surface area contributed by atoms with Gasteiger partial charge in [0, 0.05) is 6.54 Å². The van der Waals surface area contributed by atoms with E-state index in [1.165, 1.54) is 12.1 Å². The molecule has 3 rings (SSSR count). The summed E-state index contributed by atoms with van der Waals surface area (Å²) in [6.45, 7) is 0.474. The minimum atomic E-state index is -0.272. The topological polar surface area (TPSA) is 77.2 Å². The van der Waals surface area contributed by atoms with Crippen LogP contribution in [0.15, 0.2) is 58.2 Å². The smallest absolute Gasteiger partial charge is 0.277 e. The fourth-order valence-corrected chi connectivity index (χ4v) is 2.97. The molecule has 8 heteroatoms. The number of hydrogen-bond acceptors (Lipinski definition) is 6. The first-order chi connectivity index (χ1) is 13.2. The van der Waals surface area contributed by atoms with Crippen LogP contribution in [0.5, 0.6) is 5.75 Å². The molecule has 0 saturated heterocycles. The average Bonchev–Trinajstić information content (AvgIpc) is 3.17. The molecule has 0 fully saturated rings. The zero-order valence-electron chi connectivity index (χ0n) is 14.6. The molecule has 0 aliphatic heterocycles. The number of hydrogen-bond donors (Lipinski definition) is 1. The summed E-state index contributed by atoms with van der Waals surface area (Å²) in [7, 11) is 1.57. The summed E-state index contributed by atoms with van der Waals surface area (Å²) in [6, 6.07) is 13.5. The number of carbonyl (C=O) groups is 1. The Morgan fingerprint density at radius 3 is 2.74 bits per heavy atom. The van der Waals surface area contributed by atoms with Crippen LogP contribution in [-0.2, 0) is 11.2 Å². The van der Waals surface area contributed by atoms with Gasteiger partial charge in [0.15, 0.2) is 0 Å². The number of ether oxygens (including phenoxy) is 1. The summed E-state index contributed by atoms with van der Waals surface area (Å²) < 4.78 is 23.7. The van der Waals surface area contributed by atoms with E-state index in [-0.39, 0.29) is 17.5 Å². The number of methoxy groups -OCH3 is 1. The molecule has 0 unspecified atom stereocenters. The predicted molar refractivity (Wildman–Crippen MR) is 100 cm³/mol. The summed E-state index contributed by atoms with van der Waals surface area (Å²) in [5.74, 6) is 0.727. The highest BCUT2D eigenvalue weighted by molar-refractivity contribution is 7.99. The molecule has 0 saturated carbocycles. The van der Waals surface area contributed by atoms with Crippen LogP contribution in [0.2, 0.25) is 0 Å². The van der Waals surface area contributed by atoms with Gasteiger partial charge in [-0.2, -0.15) is 0 Å². The van der Waals surface area contributed by atoms with Crippen molar-refractivity contribution in [3.63, 3.8) is 0 Å². The summed E-state index contributed by atoms with van der Waals surface area (Å²) in [5, 5.41) is 11.1. The van der Waals surface area contributed by atoms with Gasteiger partial charge in [0.25, 0.3) is 11.1 Å². The van der Waals surface area contributed by atoms with Crippen LogP contribution >= 0.6 is 11.8 Å². The van der Waals surface area contributed by atoms with Gasteiger partial charge in [0.05, 0.1) is 18.4 Å². The highest BCUT2D eigenvalue weighted by Crippen LogP contribution is 2.30. The maximum Gasteiger partial charge on any atom is 0.277 e. The summed E-state index contributed by atoms with van der Waals surface area (Å²) in [4.78, 5) is 11.9. The van der Waals surface area contributed by atoms with E-state index in [0.717, 1.165) is 17.3 Å². The minimum absolute atomic E-state index is 0.140. The molecule has 0 radical (unpaired) electrons. The lowest BCUT2D eigenvalue weighted by Crippen LogP contribution is -2.27. The number of para-hydroxylation sites is 1. The molecule has 27 heavy (non-hydrogen) atoms. The Bertz CT molecular complexity index is 899. The summed E-state index contributed by atoms with van der Waals surface area (Å²) in [6.07, 6.45) is 0.634. The van der Waals surface area contributed by atoms with Crippen molar-refractivity contribution in [2.45, 2.75) is 11.6 Å². The zero-order chi connectivity index (χ0) is 19.1. The number of amides is 1. The highest BCUT2D eigenvalue weighted by Gasteiger charge is 2.14. The van der Waals surface area contributed by atoms with E-state index in [4.69, 9.17) is 9.15 Å². The van der Waals surface area contributed by atoms with Crippen molar-refractivity contribution in [2.24, 2.45) is 0 Å². The average molecular weight is 387 g/mol. The summed E-state index contributed by atoms with van der Waals surface area (Å²) >= 11 is 1.16. The second-order valence-electron chi connectivity index (χ2n) is 5.59. The fraction of sp³-hybridized carbons (Fsp3) is 0.211. The van der Waals surface area contributed by atoms with Gasteiger partial charge < -0.3 is 14.5 Å². The summed E-state index contributed by atoms with van der Waals surface area (Å²) in [5.41, 5.74) is 1.66. The van der Waals surface area contributed by atoms with Crippen LogP contribution in [0.3, 0.4) is 0 Å². The number of nitrogens with one attached hydrogen (secondary N) is 1. The molecule has 0 aliphatic carbocycles. The van der Waals surface area contributed by atoms with E-state index in [9.17, 15) is 9.18 Å². The zero-order valence-corrected chi connectivity index (χ0v) is 15.5. The van der Waals surface area contributed by atoms with Gasteiger partial charge in [0.2, 0.25) is 5.91 Å². The lowest BCUT2D eigenvalue weighted by atomic mass is 10.1. The molecule has 1 heterocycles. The van der Waals surface area contributed by atoms with Crippen LogP contribution in [0.4, 0.5) is 4.39 Å². The van der Waals surface area contributed by atoms with E-state index in [1.807, 2.05) is 18.2 Å². The first-order valence-corrected chi connectivity index (χ1v) is 9.25. The van der Waals surface area contributed by atoms with Gasteiger partial charge in [-0.25, -0.2) is 4.39 Å². The Balaban J connectivity index is 1.46. The molecule has 0 spiro atoms. The number of carbonyl (C=O) groups excluding carboxylic acids is 1. The quantitative estimate of drug-likeness (QED) is 0.598. The number of benzene rings is 2. The number of thioether (sulfide) groups is 1. The molecule has 6 nitrogen and oxygen atoms in total. The molecule has 2 aromatic carbocycles. The third-order valence-electron chi connectivity index (χ3n) is 3.72. The number of rotatable bonds is 8. The van der Waals surface area contributed by atoms with E-state index < -0.39 is 0 Å². The van der Waals surface area contributed by atoms with E-state index in [1.54, 1.807) is 25.3 Å². The second kappa shape index (κ2) is 9.18. The molecule has 1 aromatic heterocycles. The van der Waals surface area contributed by atoms with Crippen molar-refractivity contribution in [2.75, 3.05) is 19.4 Å². The molecular weight excluding hydrogens is 369 g/mol. The number of aromatic nitrogens is 2. The standard InChI is InChI=1S/C19H18FN3O3S/c1-25-16-5-3-2-4-15(16)18-22-23-19(26-18)27-12-17(24)21-11-10-13-6-8-14(20)9-7-13/h2-9H,10-12H2,1H3,(H,21,24). The van der Waals surface area contributed by atoms with Crippen LogP contribution in [0.1, 0.15) is 5.56 Å². The van der Waals surface area contributed by atoms with Crippen LogP contribution in [-0.4, -0.2) is 35.5 Å². The van der Waals surface area contributed by atoms with Gasteiger partial charge in [-0.3, -0.25) is 4.79 Å². The largest absolute Gasteiger partial charge is 0.496 e. The molecule has 3 aromatic rings. The normalized spacial score (nSPS) is 10.6. The minimum Gasteiger partial charge on any atom is -0.496 e. The molecule has 0 bridgehead atoms. The maximum atomic E-state index is 12.9. The molecular formula is C19H18FN3O3S. The van der Waals surface area contributed by atoms with E-state index in [0.29, 0.717) is 35.4 Å². The number of nitrogens with zero attached hydrogens (tertiary/aromatic N) is 2. The van der Waals surface area contributed by atoms with Crippen LogP contribution in [0.25, 0.3) is 11.5 Å². The van der Waals surface area contributed by atoms with Gasteiger partial charge in [-0.1, -0.05) is 36.0 Å². The Kier molecular flexibility index (Phi) is 6.43. The maximum absolute atomic E-state index is 12.9. The SMILES string of the molecule is COc1ccccc1-c1nnc(SCC(=O)NCCc2ccc(F)cc2)o1. The van der Waals surface area contributed by atoms with Gasteiger partial charge in [-0.15, -0.1) is 10.2 Å². The van der Waals surface area contributed by atoms with Crippen molar-refractivity contribution in [3.8, 4) is 17.2 Å². The molecule has 140 valence electrons. The lowest BCUT2D eigenvalue weighted by molar-refractivity contribution is -0.118. The lowest BCUT2D eigenvalue weighted by Gasteiger charge is -2.04. The predicted octanol–water partition coefficient (Wildman–Crippen LogP) is 3.34. The van der Waals surface area contributed by atoms with Crippen molar-refractivity contribution in [3.05, 3.63) is 59.9 Å². The Morgan fingerprint density at radius 1 is 1.19 bits per heavy atom. The van der Waals surface area contributed by atoms with E-state index in [2.05, 4.69) is 15.5 Å². The molecule has 1 amide bonds. The van der Waals surface area contributed by atoms with Crippen molar-refractivity contribution in [1.82, 2.24) is 15.5 Å². The monoisotopic (exact) mass is 387 g/mol. The molecule has 1 N–H and O–H groups in total. The Morgan fingerprint density at radius 2 is 1.96 bits per heavy atom. The highest BCUT2D eigenvalue weighted by atomic mass is 32.2. The third kappa shape index (κ3) is 5.30. The second-order valence-corrected chi connectivity index (χ2v) is 6.52. The number of halogens is 1. The third-order valence-corrected chi connectivity index (χ3v) is 4.54. The van der Waals surface area contributed by atoms with Gasteiger partial charge >= 0.3 is 0 Å². The first-order valence-electron chi connectivity index (χ1n) is 8.26. The van der Waals surface area contributed by atoms with Crippen LogP contribution < -0.4 is 10.1 Å².